The molecule has 0 bridgehead atoms. The Bertz CT molecular complexity index is 575. The zero-order valence-corrected chi connectivity index (χ0v) is 11.4. The van der Waals surface area contributed by atoms with Gasteiger partial charge in [-0.25, -0.2) is 9.97 Å². The van der Waals surface area contributed by atoms with Crippen molar-refractivity contribution in [1.82, 2.24) is 19.7 Å². The fraction of sp³-hybridized carbons (Fsp3) is 0.500. The van der Waals surface area contributed by atoms with Crippen LogP contribution in [0.5, 0.6) is 0 Å². The third kappa shape index (κ3) is 2.59. The molecule has 1 N–H and O–H groups in total. The molecule has 1 atom stereocenters. The van der Waals surface area contributed by atoms with Crippen LogP contribution in [0.4, 0.5) is 5.82 Å². The number of fused-ring (bicyclic) bond motifs is 1. The summed E-state index contributed by atoms with van der Waals surface area (Å²) in [4.78, 5) is 8.73. The van der Waals surface area contributed by atoms with Gasteiger partial charge in [0.05, 0.1) is 12.7 Å². The van der Waals surface area contributed by atoms with E-state index < -0.39 is 0 Å². The van der Waals surface area contributed by atoms with Crippen molar-refractivity contribution in [3.63, 3.8) is 0 Å². The van der Waals surface area contributed by atoms with Gasteiger partial charge in [0.1, 0.15) is 12.1 Å². The predicted molar refractivity (Wildman–Crippen MR) is 74.1 cm³/mol. The van der Waals surface area contributed by atoms with Gasteiger partial charge in [-0.15, -0.1) is 0 Å². The summed E-state index contributed by atoms with van der Waals surface area (Å²) in [5.74, 6) is 0.999. The number of nitrogens with zero attached hydrogens (tertiary/aromatic N) is 4. The zero-order valence-electron chi connectivity index (χ0n) is 11.4. The van der Waals surface area contributed by atoms with Crippen LogP contribution in [0.2, 0.25) is 0 Å². The molecule has 1 aliphatic rings. The Balaban J connectivity index is 1.70. The number of hydrogen-bond donors (Lipinski definition) is 1. The summed E-state index contributed by atoms with van der Waals surface area (Å²) in [6, 6.07) is 0.291. The van der Waals surface area contributed by atoms with Gasteiger partial charge >= 0.3 is 0 Å². The number of aryl methyl sites for hydroxylation is 2. The van der Waals surface area contributed by atoms with Gasteiger partial charge in [0, 0.05) is 23.5 Å². The highest BCUT2D eigenvalue weighted by Gasteiger charge is 2.18. The first-order valence-corrected chi connectivity index (χ1v) is 6.80. The number of rotatable bonds is 4. The molecule has 0 amide bonds. The molecule has 0 spiro atoms. The Hall–Kier alpha value is -1.91. The standard InChI is InChI=1S/C14H19N5/c1-10-6-17-19(7-10)8-11(2)18-14-12-4-3-5-13(12)15-9-16-14/h6-7,9,11H,3-5,8H2,1-2H3,(H,15,16,18). The summed E-state index contributed by atoms with van der Waals surface area (Å²) in [5, 5.41) is 7.80. The monoisotopic (exact) mass is 257 g/mol. The number of anilines is 1. The van der Waals surface area contributed by atoms with E-state index in [1.165, 1.54) is 23.2 Å². The first kappa shape index (κ1) is 12.1. The summed E-state index contributed by atoms with van der Waals surface area (Å²) in [6.45, 7) is 5.05. The predicted octanol–water partition coefficient (Wildman–Crippen LogP) is 1.97. The first-order valence-electron chi connectivity index (χ1n) is 6.80. The molecule has 0 saturated heterocycles. The Kier molecular flexibility index (Phi) is 3.19. The lowest BCUT2D eigenvalue weighted by atomic mass is 10.2. The molecule has 0 fully saturated rings. The molecule has 19 heavy (non-hydrogen) atoms. The number of hydrogen-bond acceptors (Lipinski definition) is 4. The first-order chi connectivity index (χ1) is 9.22. The Morgan fingerprint density at radius 2 is 2.26 bits per heavy atom. The molecule has 5 heteroatoms. The lowest BCUT2D eigenvalue weighted by Crippen LogP contribution is -2.23. The molecule has 3 rings (SSSR count). The topological polar surface area (TPSA) is 55.6 Å². The molecule has 0 saturated carbocycles. The van der Waals surface area contributed by atoms with Gasteiger partial charge in [0.25, 0.3) is 0 Å². The zero-order chi connectivity index (χ0) is 13.2. The molecule has 2 aromatic heterocycles. The van der Waals surface area contributed by atoms with Crippen LogP contribution in [0.25, 0.3) is 0 Å². The minimum absolute atomic E-state index is 0.291. The van der Waals surface area contributed by atoms with E-state index in [1.807, 2.05) is 10.9 Å². The second-order valence-corrected chi connectivity index (χ2v) is 5.29. The van der Waals surface area contributed by atoms with E-state index >= 15 is 0 Å². The summed E-state index contributed by atoms with van der Waals surface area (Å²) in [7, 11) is 0. The summed E-state index contributed by atoms with van der Waals surface area (Å²) < 4.78 is 1.97. The average molecular weight is 257 g/mol. The summed E-state index contributed by atoms with van der Waals surface area (Å²) in [6.07, 6.45) is 8.97. The van der Waals surface area contributed by atoms with Crippen LogP contribution in [0.1, 0.15) is 30.2 Å². The van der Waals surface area contributed by atoms with E-state index in [4.69, 9.17) is 0 Å². The second kappa shape index (κ2) is 4.99. The van der Waals surface area contributed by atoms with Crippen molar-refractivity contribution in [2.24, 2.45) is 0 Å². The van der Waals surface area contributed by atoms with Crippen LogP contribution in [-0.2, 0) is 19.4 Å². The number of aromatic nitrogens is 4. The van der Waals surface area contributed by atoms with Gasteiger partial charge in [-0.3, -0.25) is 4.68 Å². The molecule has 2 heterocycles. The van der Waals surface area contributed by atoms with Gasteiger partial charge in [-0.2, -0.15) is 5.10 Å². The van der Waals surface area contributed by atoms with Crippen molar-refractivity contribution in [2.45, 2.75) is 45.7 Å². The maximum atomic E-state index is 4.39. The van der Waals surface area contributed by atoms with Crippen molar-refractivity contribution < 1.29 is 0 Å². The lowest BCUT2D eigenvalue weighted by Gasteiger charge is -2.16. The van der Waals surface area contributed by atoms with Crippen LogP contribution in [0, 0.1) is 6.92 Å². The van der Waals surface area contributed by atoms with Crippen molar-refractivity contribution in [2.75, 3.05) is 5.32 Å². The third-order valence-electron chi connectivity index (χ3n) is 3.48. The molecule has 2 aromatic rings. The molecule has 1 unspecified atom stereocenters. The summed E-state index contributed by atoms with van der Waals surface area (Å²) >= 11 is 0. The Morgan fingerprint density at radius 1 is 1.37 bits per heavy atom. The van der Waals surface area contributed by atoms with E-state index in [9.17, 15) is 0 Å². The quantitative estimate of drug-likeness (QED) is 0.910. The highest BCUT2D eigenvalue weighted by Crippen LogP contribution is 2.25. The van der Waals surface area contributed by atoms with Crippen LogP contribution in [-0.4, -0.2) is 25.8 Å². The molecular weight excluding hydrogens is 238 g/mol. The van der Waals surface area contributed by atoms with Gasteiger partial charge in [0.2, 0.25) is 0 Å². The van der Waals surface area contributed by atoms with E-state index in [2.05, 4.69) is 40.4 Å². The lowest BCUT2D eigenvalue weighted by molar-refractivity contribution is 0.559. The van der Waals surface area contributed by atoms with Gasteiger partial charge < -0.3 is 5.32 Å². The largest absolute Gasteiger partial charge is 0.365 e. The molecular formula is C14H19N5. The van der Waals surface area contributed by atoms with Crippen LogP contribution in [0.3, 0.4) is 0 Å². The van der Waals surface area contributed by atoms with Crippen LogP contribution >= 0.6 is 0 Å². The Labute approximate surface area is 113 Å². The van der Waals surface area contributed by atoms with Crippen molar-refractivity contribution in [3.05, 3.63) is 35.5 Å². The number of nitrogens with one attached hydrogen (secondary N) is 1. The average Bonchev–Trinajstić information content (AvgIpc) is 2.98. The fourth-order valence-electron chi connectivity index (χ4n) is 2.61. The highest BCUT2D eigenvalue weighted by molar-refractivity contribution is 5.48. The van der Waals surface area contributed by atoms with E-state index in [0.717, 1.165) is 25.2 Å². The smallest absolute Gasteiger partial charge is 0.133 e. The van der Waals surface area contributed by atoms with Gasteiger partial charge in [-0.1, -0.05) is 0 Å². The van der Waals surface area contributed by atoms with Gasteiger partial charge in [0.15, 0.2) is 0 Å². The molecule has 5 nitrogen and oxygen atoms in total. The highest BCUT2D eigenvalue weighted by atomic mass is 15.3. The maximum absolute atomic E-state index is 4.39. The SMILES string of the molecule is Cc1cnn(CC(C)Nc2ncnc3c2CCC3)c1. The molecule has 0 radical (unpaired) electrons. The normalized spacial score (nSPS) is 15.3. The van der Waals surface area contributed by atoms with E-state index in [1.54, 1.807) is 6.33 Å². The van der Waals surface area contributed by atoms with E-state index in [-0.39, 0.29) is 0 Å². The molecule has 100 valence electrons. The van der Waals surface area contributed by atoms with Gasteiger partial charge in [-0.05, 0) is 38.7 Å². The second-order valence-electron chi connectivity index (χ2n) is 5.29. The minimum Gasteiger partial charge on any atom is -0.365 e. The molecule has 0 aromatic carbocycles. The summed E-state index contributed by atoms with van der Waals surface area (Å²) in [5.41, 5.74) is 3.70. The molecule has 1 aliphatic carbocycles. The molecule has 0 aliphatic heterocycles. The van der Waals surface area contributed by atoms with Crippen LogP contribution < -0.4 is 5.32 Å². The van der Waals surface area contributed by atoms with Crippen molar-refractivity contribution >= 4 is 5.82 Å². The van der Waals surface area contributed by atoms with Crippen LogP contribution in [0.15, 0.2) is 18.7 Å². The fourth-order valence-corrected chi connectivity index (χ4v) is 2.61. The Morgan fingerprint density at radius 3 is 3.05 bits per heavy atom. The van der Waals surface area contributed by atoms with Crippen molar-refractivity contribution in [3.8, 4) is 0 Å². The minimum atomic E-state index is 0.291. The third-order valence-corrected chi connectivity index (χ3v) is 3.48. The van der Waals surface area contributed by atoms with E-state index in [0.29, 0.717) is 6.04 Å². The maximum Gasteiger partial charge on any atom is 0.133 e. The van der Waals surface area contributed by atoms with Crippen molar-refractivity contribution in [1.29, 1.82) is 0 Å².